The van der Waals surface area contributed by atoms with Crippen molar-refractivity contribution in [2.24, 2.45) is 5.73 Å². The first kappa shape index (κ1) is 12.9. The van der Waals surface area contributed by atoms with Gasteiger partial charge in [0.15, 0.2) is 5.69 Å². The van der Waals surface area contributed by atoms with E-state index >= 15 is 0 Å². The number of urea groups is 1. The zero-order valence-electron chi connectivity index (χ0n) is 9.09. The number of hydrogen-bond acceptors (Lipinski definition) is 5. The highest BCUT2D eigenvalue weighted by atomic mass is 16.4. The molecule has 17 heavy (non-hydrogen) atoms. The highest BCUT2D eigenvalue weighted by Gasteiger charge is 2.07. The van der Waals surface area contributed by atoms with Gasteiger partial charge in [0.05, 0.1) is 12.7 Å². The van der Waals surface area contributed by atoms with Gasteiger partial charge in [-0.3, -0.25) is 0 Å². The third kappa shape index (κ3) is 4.47. The fraction of sp³-hybridized carbons (Fsp3) is 0.500. The van der Waals surface area contributed by atoms with Crippen molar-refractivity contribution in [3.8, 4) is 0 Å². The molecule has 1 heterocycles. The monoisotopic (exact) mass is 242 g/mol. The van der Waals surface area contributed by atoms with E-state index < -0.39 is 5.97 Å². The summed E-state index contributed by atoms with van der Waals surface area (Å²) in [5, 5.41) is 20.7. The Bertz CT molecular complexity index is 390. The molecule has 0 atom stereocenters. The van der Waals surface area contributed by atoms with Gasteiger partial charge in [0.2, 0.25) is 0 Å². The molecule has 0 saturated carbocycles. The van der Waals surface area contributed by atoms with Gasteiger partial charge in [0, 0.05) is 19.6 Å². The number of carbonyl (C=O) groups excluding carboxylic acids is 1. The predicted molar refractivity (Wildman–Crippen MR) is 57.4 cm³/mol. The maximum absolute atomic E-state index is 11.1. The molecule has 0 saturated heterocycles. The van der Waals surface area contributed by atoms with Crippen LogP contribution in [0.1, 0.15) is 10.5 Å². The number of aromatic carboxylic acids is 1. The average Bonchev–Trinajstić information content (AvgIpc) is 2.75. The van der Waals surface area contributed by atoms with Crippen LogP contribution in [0.15, 0.2) is 6.20 Å². The van der Waals surface area contributed by atoms with Crippen LogP contribution in [0, 0.1) is 0 Å². The lowest BCUT2D eigenvalue weighted by Gasteiger charge is -2.05. The van der Waals surface area contributed by atoms with Crippen molar-refractivity contribution in [3.05, 3.63) is 11.9 Å². The summed E-state index contributed by atoms with van der Waals surface area (Å²) in [5.41, 5.74) is 5.08. The molecule has 0 aliphatic rings. The second kappa shape index (κ2) is 6.43. The minimum Gasteiger partial charge on any atom is -0.476 e. The van der Waals surface area contributed by atoms with Crippen LogP contribution >= 0.6 is 0 Å². The Labute approximate surface area is 97.0 Å². The molecule has 0 aliphatic carbocycles. The SMILES string of the molecule is NCCNC(=O)NCCn1cc(C(=O)O)nn1. The third-order valence-corrected chi connectivity index (χ3v) is 1.81. The lowest BCUT2D eigenvalue weighted by molar-refractivity contribution is 0.0690. The molecule has 0 aromatic carbocycles. The maximum atomic E-state index is 11.1. The summed E-state index contributed by atoms with van der Waals surface area (Å²) < 4.78 is 1.34. The van der Waals surface area contributed by atoms with E-state index in [1.165, 1.54) is 10.9 Å². The van der Waals surface area contributed by atoms with Crippen molar-refractivity contribution in [1.82, 2.24) is 25.6 Å². The Morgan fingerprint density at radius 1 is 1.41 bits per heavy atom. The Hall–Kier alpha value is -2.16. The molecule has 9 heteroatoms. The number of carboxylic acid groups (broad SMARTS) is 1. The van der Waals surface area contributed by atoms with Gasteiger partial charge >= 0.3 is 12.0 Å². The minimum absolute atomic E-state index is 0.127. The molecule has 0 bridgehead atoms. The first-order valence-corrected chi connectivity index (χ1v) is 4.98. The van der Waals surface area contributed by atoms with Crippen LogP contribution in [0.3, 0.4) is 0 Å². The lowest BCUT2D eigenvalue weighted by atomic mass is 10.5. The Balaban J connectivity index is 2.26. The van der Waals surface area contributed by atoms with Crippen LogP contribution < -0.4 is 16.4 Å². The van der Waals surface area contributed by atoms with Crippen LogP contribution in [0.25, 0.3) is 0 Å². The molecule has 5 N–H and O–H groups in total. The number of hydrogen-bond donors (Lipinski definition) is 4. The van der Waals surface area contributed by atoms with Crippen molar-refractivity contribution in [1.29, 1.82) is 0 Å². The molecule has 9 nitrogen and oxygen atoms in total. The summed E-state index contributed by atoms with van der Waals surface area (Å²) >= 11 is 0. The molecule has 0 spiro atoms. The summed E-state index contributed by atoms with van der Waals surface area (Å²) in [5.74, 6) is -1.13. The van der Waals surface area contributed by atoms with E-state index in [9.17, 15) is 9.59 Å². The van der Waals surface area contributed by atoms with E-state index in [-0.39, 0.29) is 11.7 Å². The van der Waals surface area contributed by atoms with Crippen LogP contribution in [-0.2, 0) is 6.54 Å². The first-order valence-electron chi connectivity index (χ1n) is 4.98. The summed E-state index contributed by atoms with van der Waals surface area (Å²) in [6.07, 6.45) is 1.29. The van der Waals surface area contributed by atoms with Crippen molar-refractivity contribution in [2.45, 2.75) is 6.54 Å². The summed E-state index contributed by atoms with van der Waals surface area (Å²) in [6, 6.07) is -0.325. The molecular formula is C8H14N6O3. The molecule has 2 amide bonds. The summed E-state index contributed by atoms with van der Waals surface area (Å²) in [6.45, 7) is 1.44. The molecule has 1 aromatic rings. The predicted octanol–water partition coefficient (Wildman–Crippen LogP) is -1.77. The van der Waals surface area contributed by atoms with E-state index in [0.717, 1.165) is 0 Å². The Morgan fingerprint density at radius 2 is 2.12 bits per heavy atom. The van der Waals surface area contributed by atoms with Gasteiger partial charge in [0.25, 0.3) is 0 Å². The zero-order chi connectivity index (χ0) is 12.7. The number of carbonyl (C=O) groups is 2. The standard InChI is InChI=1S/C8H14N6O3/c9-1-2-10-8(17)11-3-4-14-5-6(7(15)16)12-13-14/h5H,1-4,9H2,(H,15,16)(H2,10,11,17). The quantitative estimate of drug-likeness (QED) is 0.466. The van der Waals surface area contributed by atoms with Crippen molar-refractivity contribution >= 4 is 12.0 Å². The molecule has 1 aromatic heterocycles. The molecule has 94 valence electrons. The number of amides is 2. The van der Waals surface area contributed by atoms with Gasteiger partial charge in [-0.25, -0.2) is 14.3 Å². The first-order chi connectivity index (χ1) is 8.13. The molecule has 0 radical (unpaired) electrons. The Kier molecular flexibility index (Phi) is 4.88. The average molecular weight is 242 g/mol. The smallest absolute Gasteiger partial charge is 0.358 e. The van der Waals surface area contributed by atoms with Crippen molar-refractivity contribution in [2.75, 3.05) is 19.6 Å². The van der Waals surface area contributed by atoms with Gasteiger partial charge in [-0.15, -0.1) is 5.10 Å². The van der Waals surface area contributed by atoms with Gasteiger partial charge in [0.1, 0.15) is 0 Å². The van der Waals surface area contributed by atoms with E-state index in [4.69, 9.17) is 10.8 Å². The summed E-state index contributed by atoms with van der Waals surface area (Å²) in [4.78, 5) is 21.6. The van der Waals surface area contributed by atoms with Crippen LogP contribution in [0.2, 0.25) is 0 Å². The number of rotatable bonds is 6. The van der Waals surface area contributed by atoms with Crippen LogP contribution in [-0.4, -0.2) is 51.7 Å². The van der Waals surface area contributed by atoms with Gasteiger partial charge in [-0.05, 0) is 0 Å². The van der Waals surface area contributed by atoms with Crippen molar-refractivity contribution in [3.63, 3.8) is 0 Å². The number of nitrogens with one attached hydrogen (secondary N) is 2. The van der Waals surface area contributed by atoms with Crippen LogP contribution in [0.5, 0.6) is 0 Å². The van der Waals surface area contributed by atoms with Crippen molar-refractivity contribution < 1.29 is 14.7 Å². The second-order valence-corrected chi connectivity index (χ2v) is 3.14. The topological polar surface area (TPSA) is 135 Å². The van der Waals surface area contributed by atoms with Gasteiger partial charge in [-0.2, -0.15) is 0 Å². The largest absolute Gasteiger partial charge is 0.476 e. The number of carboxylic acids is 1. The van der Waals surface area contributed by atoms with E-state index in [0.29, 0.717) is 26.2 Å². The highest BCUT2D eigenvalue weighted by Crippen LogP contribution is 1.91. The van der Waals surface area contributed by atoms with Gasteiger partial charge in [-0.1, -0.05) is 5.21 Å². The zero-order valence-corrected chi connectivity index (χ0v) is 9.09. The second-order valence-electron chi connectivity index (χ2n) is 3.14. The van der Waals surface area contributed by atoms with E-state index in [2.05, 4.69) is 20.9 Å². The fourth-order valence-corrected chi connectivity index (χ4v) is 1.04. The normalized spacial score (nSPS) is 9.94. The van der Waals surface area contributed by atoms with E-state index in [1.807, 2.05) is 0 Å². The Morgan fingerprint density at radius 3 is 2.71 bits per heavy atom. The number of nitrogens with zero attached hydrogens (tertiary/aromatic N) is 3. The third-order valence-electron chi connectivity index (χ3n) is 1.81. The van der Waals surface area contributed by atoms with Crippen LogP contribution in [0.4, 0.5) is 4.79 Å². The summed E-state index contributed by atoms with van der Waals surface area (Å²) in [7, 11) is 0. The van der Waals surface area contributed by atoms with Gasteiger partial charge < -0.3 is 21.5 Å². The molecule has 0 fully saturated rings. The molecule has 0 aliphatic heterocycles. The van der Waals surface area contributed by atoms with E-state index in [1.54, 1.807) is 0 Å². The highest BCUT2D eigenvalue weighted by molar-refractivity contribution is 5.84. The number of aromatic nitrogens is 3. The molecular weight excluding hydrogens is 228 g/mol. The minimum atomic E-state index is -1.13. The molecule has 1 rings (SSSR count). The maximum Gasteiger partial charge on any atom is 0.358 e. The fourth-order valence-electron chi connectivity index (χ4n) is 1.04. The number of nitrogens with two attached hydrogens (primary N) is 1. The molecule has 0 unspecified atom stereocenters. The lowest BCUT2D eigenvalue weighted by Crippen LogP contribution is -2.39.